The first-order valence-corrected chi connectivity index (χ1v) is 6.85. The van der Waals surface area contributed by atoms with E-state index in [0.717, 1.165) is 31.2 Å². The lowest BCUT2D eigenvalue weighted by molar-refractivity contribution is -0.124. The smallest absolute Gasteiger partial charge is 0.222 e. The van der Waals surface area contributed by atoms with E-state index in [1.165, 1.54) is 12.1 Å². The van der Waals surface area contributed by atoms with Gasteiger partial charge < -0.3 is 11.1 Å². The van der Waals surface area contributed by atoms with Crippen LogP contribution in [0.5, 0.6) is 0 Å². The molecule has 0 radical (unpaired) electrons. The molecule has 0 aliphatic carbocycles. The third-order valence-electron chi connectivity index (χ3n) is 3.13. The van der Waals surface area contributed by atoms with Crippen LogP contribution >= 0.6 is 0 Å². The number of nitrogens with two attached hydrogens (primary N) is 1. The van der Waals surface area contributed by atoms with Crippen molar-refractivity contribution in [1.29, 1.82) is 0 Å². The predicted octanol–water partition coefficient (Wildman–Crippen LogP) is 2.25. The molecule has 0 aliphatic heterocycles. The Morgan fingerprint density at radius 1 is 1.42 bits per heavy atom. The molecule has 0 heterocycles. The predicted molar refractivity (Wildman–Crippen MR) is 75.2 cm³/mol. The highest BCUT2D eigenvalue weighted by atomic mass is 19.1. The van der Waals surface area contributed by atoms with Crippen molar-refractivity contribution in [2.75, 3.05) is 13.1 Å². The van der Waals surface area contributed by atoms with E-state index in [-0.39, 0.29) is 17.6 Å². The van der Waals surface area contributed by atoms with E-state index in [2.05, 4.69) is 5.32 Å². The molecule has 1 aromatic carbocycles. The minimum Gasteiger partial charge on any atom is -0.356 e. The van der Waals surface area contributed by atoms with Crippen molar-refractivity contribution in [3.8, 4) is 0 Å². The van der Waals surface area contributed by atoms with E-state index in [4.69, 9.17) is 5.73 Å². The summed E-state index contributed by atoms with van der Waals surface area (Å²) in [4.78, 5) is 11.8. The van der Waals surface area contributed by atoms with E-state index in [1.54, 1.807) is 6.07 Å². The number of halogens is 1. The van der Waals surface area contributed by atoms with Gasteiger partial charge in [0.2, 0.25) is 5.91 Å². The minimum absolute atomic E-state index is 0.0545. The van der Waals surface area contributed by atoms with Crippen LogP contribution in [-0.4, -0.2) is 19.0 Å². The lowest BCUT2D eigenvalue weighted by atomic mass is 10.0. The maximum absolute atomic E-state index is 13.0. The molecule has 0 saturated heterocycles. The van der Waals surface area contributed by atoms with E-state index < -0.39 is 0 Å². The maximum Gasteiger partial charge on any atom is 0.222 e. The number of nitrogens with one attached hydrogen (secondary N) is 1. The number of amides is 1. The van der Waals surface area contributed by atoms with Crippen molar-refractivity contribution in [2.24, 2.45) is 11.7 Å². The molecule has 19 heavy (non-hydrogen) atoms. The fourth-order valence-electron chi connectivity index (χ4n) is 1.86. The molecular formula is C15H23FN2O. The highest BCUT2D eigenvalue weighted by molar-refractivity contribution is 5.78. The van der Waals surface area contributed by atoms with E-state index in [9.17, 15) is 9.18 Å². The second-order valence-corrected chi connectivity index (χ2v) is 4.86. The number of unbranched alkanes of at least 4 members (excludes halogenated alkanes) is 1. The molecular weight excluding hydrogens is 243 g/mol. The molecule has 3 nitrogen and oxygen atoms in total. The van der Waals surface area contributed by atoms with Crippen molar-refractivity contribution < 1.29 is 9.18 Å². The Hall–Kier alpha value is -1.42. The van der Waals surface area contributed by atoms with Crippen LogP contribution in [0, 0.1) is 11.7 Å². The molecule has 0 fully saturated rings. The third kappa shape index (κ3) is 6.34. The Morgan fingerprint density at radius 2 is 2.21 bits per heavy atom. The first-order chi connectivity index (χ1) is 9.13. The largest absolute Gasteiger partial charge is 0.356 e. The highest BCUT2D eigenvalue weighted by Crippen LogP contribution is 2.11. The highest BCUT2D eigenvalue weighted by Gasteiger charge is 2.12. The van der Waals surface area contributed by atoms with Gasteiger partial charge in [0.05, 0.1) is 0 Å². The number of rotatable bonds is 8. The topological polar surface area (TPSA) is 55.1 Å². The van der Waals surface area contributed by atoms with Crippen LogP contribution in [0.15, 0.2) is 24.3 Å². The van der Waals surface area contributed by atoms with Gasteiger partial charge in [0, 0.05) is 12.5 Å². The molecule has 1 atom stereocenters. The van der Waals surface area contributed by atoms with Gasteiger partial charge in [-0.15, -0.1) is 0 Å². The number of carbonyl (C=O) groups excluding carboxylic acids is 1. The van der Waals surface area contributed by atoms with Crippen molar-refractivity contribution in [3.63, 3.8) is 0 Å². The van der Waals surface area contributed by atoms with Crippen molar-refractivity contribution in [1.82, 2.24) is 5.32 Å². The van der Waals surface area contributed by atoms with Gasteiger partial charge >= 0.3 is 0 Å². The van der Waals surface area contributed by atoms with Gasteiger partial charge in [0.15, 0.2) is 0 Å². The number of aryl methyl sites for hydroxylation is 1. The zero-order valence-corrected chi connectivity index (χ0v) is 11.5. The third-order valence-corrected chi connectivity index (χ3v) is 3.13. The summed E-state index contributed by atoms with van der Waals surface area (Å²) < 4.78 is 13.0. The molecule has 3 N–H and O–H groups in total. The van der Waals surface area contributed by atoms with Crippen LogP contribution in [0.1, 0.15) is 31.7 Å². The molecule has 1 amide bonds. The molecule has 0 saturated carbocycles. The molecule has 1 aromatic rings. The lowest BCUT2D eigenvalue weighted by Crippen LogP contribution is -2.30. The minimum atomic E-state index is -0.226. The molecule has 0 aliphatic rings. The van der Waals surface area contributed by atoms with Gasteiger partial charge in [-0.25, -0.2) is 4.39 Å². The quantitative estimate of drug-likeness (QED) is 0.709. The van der Waals surface area contributed by atoms with Crippen LogP contribution < -0.4 is 11.1 Å². The molecule has 0 bridgehead atoms. The molecule has 0 aromatic heterocycles. The summed E-state index contributed by atoms with van der Waals surface area (Å²) in [5.74, 6) is -0.217. The maximum atomic E-state index is 13.0. The first kappa shape index (κ1) is 15.6. The average molecular weight is 266 g/mol. The number of carbonyl (C=O) groups is 1. The summed E-state index contributed by atoms with van der Waals surface area (Å²) in [5.41, 5.74) is 6.32. The number of hydrogen-bond donors (Lipinski definition) is 2. The Labute approximate surface area is 114 Å². The summed E-state index contributed by atoms with van der Waals surface area (Å²) in [5, 5.41) is 2.90. The van der Waals surface area contributed by atoms with Gasteiger partial charge in [-0.1, -0.05) is 19.1 Å². The zero-order chi connectivity index (χ0) is 14.1. The molecule has 4 heteroatoms. The Morgan fingerprint density at radius 3 is 2.89 bits per heavy atom. The second-order valence-electron chi connectivity index (χ2n) is 4.86. The van der Waals surface area contributed by atoms with Gasteiger partial charge in [0.1, 0.15) is 5.82 Å². The van der Waals surface area contributed by atoms with E-state index in [0.29, 0.717) is 13.1 Å². The fourth-order valence-corrected chi connectivity index (χ4v) is 1.86. The molecule has 1 unspecified atom stereocenters. The summed E-state index contributed by atoms with van der Waals surface area (Å²) in [6, 6.07) is 6.53. The van der Waals surface area contributed by atoms with Crippen molar-refractivity contribution >= 4 is 5.91 Å². The average Bonchev–Trinajstić information content (AvgIpc) is 2.41. The van der Waals surface area contributed by atoms with Crippen LogP contribution in [-0.2, 0) is 11.2 Å². The second kappa shape index (κ2) is 8.64. The summed E-state index contributed by atoms with van der Waals surface area (Å²) in [6.45, 7) is 3.24. The van der Waals surface area contributed by atoms with Crippen LogP contribution in [0.4, 0.5) is 4.39 Å². The normalized spacial score (nSPS) is 12.2. The summed E-state index contributed by atoms with van der Waals surface area (Å²) >= 11 is 0. The number of hydrogen-bond acceptors (Lipinski definition) is 2. The van der Waals surface area contributed by atoms with Crippen LogP contribution in [0.2, 0.25) is 0 Å². The van der Waals surface area contributed by atoms with Gasteiger partial charge in [-0.05, 0) is 49.9 Å². The van der Waals surface area contributed by atoms with Crippen molar-refractivity contribution in [2.45, 2.75) is 32.6 Å². The zero-order valence-electron chi connectivity index (χ0n) is 11.5. The van der Waals surface area contributed by atoms with E-state index >= 15 is 0 Å². The van der Waals surface area contributed by atoms with Crippen LogP contribution in [0.25, 0.3) is 0 Å². The Bertz CT molecular complexity index is 395. The SMILES string of the molecule is CC(CCc1cccc(F)c1)C(=O)NCCCCN. The molecule has 106 valence electrons. The Kier molecular flexibility index (Phi) is 7.11. The Balaban J connectivity index is 2.26. The van der Waals surface area contributed by atoms with Crippen LogP contribution in [0.3, 0.4) is 0 Å². The van der Waals surface area contributed by atoms with Gasteiger partial charge in [-0.3, -0.25) is 4.79 Å². The standard InChI is InChI=1S/C15H23FN2O/c1-12(15(19)18-10-3-2-9-17)7-8-13-5-4-6-14(16)11-13/h4-6,11-12H,2-3,7-10,17H2,1H3,(H,18,19). The van der Waals surface area contributed by atoms with Gasteiger partial charge in [0.25, 0.3) is 0 Å². The first-order valence-electron chi connectivity index (χ1n) is 6.85. The van der Waals surface area contributed by atoms with Crippen molar-refractivity contribution in [3.05, 3.63) is 35.6 Å². The lowest BCUT2D eigenvalue weighted by Gasteiger charge is -2.12. The number of benzene rings is 1. The molecule has 1 rings (SSSR count). The monoisotopic (exact) mass is 266 g/mol. The fraction of sp³-hybridized carbons (Fsp3) is 0.533. The molecule has 0 spiro atoms. The summed E-state index contributed by atoms with van der Waals surface area (Å²) in [6.07, 6.45) is 3.29. The van der Waals surface area contributed by atoms with Gasteiger partial charge in [-0.2, -0.15) is 0 Å². The summed E-state index contributed by atoms with van der Waals surface area (Å²) in [7, 11) is 0. The van der Waals surface area contributed by atoms with E-state index in [1.807, 2.05) is 13.0 Å².